The number of anilines is 2. The Hall–Kier alpha value is -2.91. The third-order valence-electron chi connectivity index (χ3n) is 4.55. The lowest BCUT2D eigenvalue weighted by Crippen LogP contribution is -2.13. The van der Waals surface area contributed by atoms with Gasteiger partial charge in [-0.25, -0.2) is 9.37 Å². The van der Waals surface area contributed by atoms with Crippen LogP contribution in [-0.2, 0) is 4.79 Å². The maximum atomic E-state index is 13.0. The number of nitrogens with zero attached hydrogens (tertiary/aromatic N) is 1. The van der Waals surface area contributed by atoms with Gasteiger partial charge in [0.1, 0.15) is 5.82 Å². The Balaban J connectivity index is 1.28. The lowest BCUT2D eigenvalue weighted by Gasteiger charge is -2.07. The summed E-state index contributed by atoms with van der Waals surface area (Å²) in [4.78, 5) is 29.8. The molecule has 0 aliphatic rings. The normalized spacial score (nSPS) is 10.7. The predicted molar refractivity (Wildman–Crippen MR) is 138 cm³/mol. The number of amides is 2. The molecule has 0 aliphatic carbocycles. The first-order valence-electron chi connectivity index (χ1n) is 9.88. The maximum absolute atomic E-state index is 13.0. The van der Waals surface area contributed by atoms with Crippen molar-refractivity contribution in [1.29, 1.82) is 0 Å². The van der Waals surface area contributed by atoms with Crippen molar-refractivity contribution in [2.24, 2.45) is 0 Å². The second-order valence-corrected chi connectivity index (χ2v) is 9.73. The molecule has 2 amide bonds. The minimum atomic E-state index is -0.400. The highest BCUT2D eigenvalue weighted by Gasteiger charge is 2.12. The summed E-state index contributed by atoms with van der Waals surface area (Å²) in [6.45, 7) is 0. The van der Waals surface area contributed by atoms with E-state index in [9.17, 15) is 14.0 Å². The molecule has 4 rings (SSSR count). The molecule has 4 aromatic rings. The van der Waals surface area contributed by atoms with Gasteiger partial charge in [-0.2, -0.15) is 0 Å². The third kappa shape index (κ3) is 6.36. The molecule has 0 unspecified atom stereocenters. The average Bonchev–Trinajstić information content (AvgIpc) is 3.27. The summed E-state index contributed by atoms with van der Waals surface area (Å²) in [7, 11) is 0. The highest BCUT2D eigenvalue weighted by molar-refractivity contribution is 8.00. The summed E-state index contributed by atoms with van der Waals surface area (Å²) >= 11 is 14.8. The molecule has 0 atom stereocenters. The van der Waals surface area contributed by atoms with Crippen LogP contribution in [0.1, 0.15) is 10.4 Å². The number of aromatic nitrogens is 1. The number of carbonyl (C=O) groups excluding carboxylic acids is 2. The van der Waals surface area contributed by atoms with Crippen LogP contribution >= 0.6 is 46.3 Å². The van der Waals surface area contributed by atoms with Crippen LogP contribution in [0.25, 0.3) is 11.3 Å². The Morgan fingerprint density at radius 1 is 0.971 bits per heavy atom. The van der Waals surface area contributed by atoms with Gasteiger partial charge in [0.05, 0.1) is 16.5 Å². The number of thioether (sulfide) groups is 1. The highest BCUT2D eigenvalue weighted by Crippen LogP contribution is 2.32. The quantitative estimate of drug-likeness (QED) is 0.246. The summed E-state index contributed by atoms with van der Waals surface area (Å²) in [5.41, 5.74) is 2.36. The van der Waals surface area contributed by atoms with E-state index in [1.807, 2.05) is 17.5 Å². The number of benzene rings is 3. The van der Waals surface area contributed by atoms with Gasteiger partial charge in [-0.15, -0.1) is 23.1 Å². The van der Waals surface area contributed by atoms with Gasteiger partial charge in [-0.05, 0) is 66.7 Å². The Bertz CT molecular complexity index is 1330. The summed E-state index contributed by atoms with van der Waals surface area (Å²) < 4.78 is 13.0. The number of halogens is 3. The van der Waals surface area contributed by atoms with E-state index >= 15 is 0 Å². The fraction of sp³-hybridized carbons (Fsp3) is 0.0417. The number of thiazole rings is 1. The van der Waals surface area contributed by atoms with Crippen molar-refractivity contribution in [2.45, 2.75) is 4.90 Å². The van der Waals surface area contributed by atoms with Crippen LogP contribution in [0.15, 0.2) is 77.0 Å². The smallest absolute Gasteiger partial charge is 0.255 e. The van der Waals surface area contributed by atoms with Gasteiger partial charge in [0, 0.05) is 32.1 Å². The molecular formula is C24H16Cl2FN3O2S2. The van der Waals surface area contributed by atoms with Crippen LogP contribution in [-0.4, -0.2) is 22.6 Å². The molecule has 0 bridgehead atoms. The van der Waals surface area contributed by atoms with Crippen molar-refractivity contribution in [3.63, 3.8) is 0 Å². The zero-order valence-corrected chi connectivity index (χ0v) is 20.5. The molecule has 0 spiro atoms. The minimum Gasteiger partial charge on any atom is -0.322 e. The summed E-state index contributed by atoms with van der Waals surface area (Å²) in [6.07, 6.45) is 0. The molecule has 3 aromatic carbocycles. The van der Waals surface area contributed by atoms with E-state index in [4.69, 9.17) is 23.2 Å². The standard InChI is InChI=1S/C24H16Cl2FN3O2S2/c25-15-3-10-19(20(26)11-15)21-12-34-24(29-21)30-22(31)13-33-18-8-6-17(7-9-18)28-23(32)14-1-4-16(27)5-2-14/h1-12H,13H2,(H,28,32)(H,29,30,31). The average molecular weight is 532 g/mol. The Kier molecular flexibility index (Phi) is 7.84. The van der Waals surface area contributed by atoms with Gasteiger partial charge >= 0.3 is 0 Å². The predicted octanol–water partition coefficient (Wildman–Crippen LogP) is 7.24. The van der Waals surface area contributed by atoms with Crippen molar-refractivity contribution in [3.05, 3.63) is 93.5 Å². The van der Waals surface area contributed by atoms with E-state index in [-0.39, 0.29) is 17.6 Å². The highest BCUT2D eigenvalue weighted by atomic mass is 35.5. The molecule has 1 heterocycles. The van der Waals surface area contributed by atoms with Crippen molar-refractivity contribution in [3.8, 4) is 11.3 Å². The molecule has 0 saturated heterocycles. The summed E-state index contributed by atoms with van der Waals surface area (Å²) in [5, 5.41) is 8.86. The number of rotatable bonds is 7. The van der Waals surface area contributed by atoms with Crippen LogP contribution in [0.4, 0.5) is 15.2 Å². The summed E-state index contributed by atoms with van der Waals surface area (Å²) in [5.74, 6) is -0.731. The van der Waals surface area contributed by atoms with Gasteiger partial charge in [0.25, 0.3) is 5.91 Å². The van der Waals surface area contributed by atoms with Gasteiger partial charge in [0.15, 0.2) is 5.13 Å². The SMILES string of the molecule is O=C(CSc1ccc(NC(=O)c2ccc(F)cc2)cc1)Nc1nc(-c2ccc(Cl)cc2Cl)cs1. The molecule has 0 saturated carbocycles. The second-order valence-electron chi connectivity index (χ2n) is 6.98. The molecule has 1 aromatic heterocycles. The first-order chi connectivity index (χ1) is 16.4. The lowest BCUT2D eigenvalue weighted by molar-refractivity contribution is -0.113. The van der Waals surface area contributed by atoms with Gasteiger partial charge in [0.2, 0.25) is 5.91 Å². The van der Waals surface area contributed by atoms with E-state index in [0.717, 1.165) is 10.5 Å². The van der Waals surface area contributed by atoms with Crippen LogP contribution < -0.4 is 10.6 Å². The number of hydrogen-bond acceptors (Lipinski definition) is 5. The van der Waals surface area contributed by atoms with E-state index in [2.05, 4.69) is 15.6 Å². The zero-order valence-electron chi connectivity index (χ0n) is 17.3. The van der Waals surface area contributed by atoms with Crippen molar-refractivity contribution in [1.82, 2.24) is 4.98 Å². The molecule has 2 N–H and O–H groups in total. The van der Waals surface area contributed by atoms with Crippen molar-refractivity contribution >= 4 is 68.9 Å². The van der Waals surface area contributed by atoms with E-state index in [1.165, 1.54) is 47.4 Å². The first kappa shape index (κ1) is 24.2. The molecule has 0 fully saturated rings. The van der Waals surface area contributed by atoms with E-state index in [1.54, 1.807) is 30.3 Å². The van der Waals surface area contributed by atoms with Crippen molar-refractivity contribution in [2.75, 3.05) is 16.4 Å². The van der Waals surface area contributed by atoms with Crippen LogP contribution in [0.2, 0.25) is 10.0 Å². The number of carbonyl (C=O) groups is 2. The van der Waals surface area contributed by atoms with Gasteiger partial charge < -0.3 is 10.6 Å². The number of hydrogen-bond donors (Lipinski definition) is 2. The zero-order chi connectivity index (χ0) is 24.1. The van der Waals surface area contributed by atoms with Crippen molar-refractivity contribution < 1.29 is 14.0 Å². The number of nitrogens with one attached hydrogen (secondary N) is 2. The maximum Gasteiger partial charge on any atom is 0.255 e. The summed E-state index contributed by atoms with van der Waals surface area (Å²) in [6, 6.07) is 17.6. The molecule has 34 heavy (non-hydrogen) atoms. The van der Waals surface area contributed by atoms with E-state index < -0.39 is 5.82 Å². The molecule has 10 heteroatoms. The second kappa shape index (κ2) is 11.0. The lowest BCUT2D eigenvalue weighted by atomic mass is 10.2. The first-order valence-corrected chi connectivity index (χ1v) is 12.5. The Morgan fingerprint density at radius 3 is 2.41 bits per heavy atom. The molecule has 0 radical (unpaired) electrons. The third-order valence-corrected chi connectivity index (χ3v) is 6.86. The van der Waals surface area contributed by atoms with Crippen LogP contribution in [0.5, 0.6) is 0 Å². The Labute approximate surface area is 213 Å². The topological polar surface area (TPSA) is 71.1 Å². The monoisotopic (exact) mass is 531 g/mol. The van der Waals surface area contributed by atoms with E-state index in [0.29, 0.717) is 32.1 Å². The molecule has 172 valence electrons. The molecule has 5 nitrogen and oxygen atoms in total. The molecule has 0 aliphatic heterocycles. The Morgan fingerprint density at radius 2 is 1.71 bits per heavy atom. The fourth-order valence-electron chi connectivity index (χ4n) is 2.90. The molecular weight excluding hydrogens is 516 g/mol. The van der Waals surface area contributed by atoms with Crippen LogP contribution in [0.3, 0.4) is 0 Å². The minimum absolute atomic E-state index is 0.192. The largest absolute Gasteiger partial charge is 0.322 e. The van der Waals surface area contributed by atoms with Gasteiger partial charge in [-0.1, -0.05) is 23.2 Å². The van der Waals surface area contributed by atoms with Gasteiger partial charge in [-0.3, -0.25) is 9.59 Å². The fourth-order valence-corrected chi connectivity index (χ4v) is 4.83. The van der Waals surface area contributed by atoms with Crippen LogP contribution in [0, 0.1) is 5.82 Å².